The van der Waals surface area contributed by atoms with Crippen molar-refractivity contribution in [1.82, 2.24) is 5.32 Å². The number of rotatable bonds is 8. The van der Waals surface area contributed by atoms with Crippen molar-refractivity contribution in [2.75, 3.05) is 20.2 Å². The van der Waals surface area contributed by atoms with Crippen LogP contribution in [0.15, 0.2) is 24.3 Å². The highest BCUT2D eigenvalue weighted by Gasteiger charge is 1.96. The van der Waals surface area contributed by atoms with E-state index >= 15 is 0 Å². The summed E-state index contributed by atoms with van der Waals surface area (Å²) in [5.74, 6) is 0.929. The Morgan fingerprint density at radius 3 is 2.32 bits per heavy atom. The summed E-state index contributed by atoms with van der Waals surface area (Å²) in [5, 5.41) is 3.83. The van der Waals surface area contributed by atoms with Crippen molar-refractivity contribution in [2.45, 2.75) is 31.4 Å². The van der Waals surface area contributed by atoms with E-state index in [-0.39, 0.29) is 0 Å². The Labute approximate surface area is 143 Å². The maximum atomic E-state index is 9.11. The lowest BCUT2D eigenvalue weighted by Gasteiger charge is -2.07. The Kier molecular flexibility index (Phi) is 11.9. The van der Waals surface area contributed by atoms with Crippen molar-refractivity contribution >= 4 is 32.9 Å². The number of nitrogens with one attached hydrogen (secondary N) is 1. The smallest absolute Gasteiger partial charge is 0.263 e. The largest absolute Gasteiger partial charge is 0.497 e. The quantitative estimate of drug-likeness (QED) is 0.418. The second-order valence-electron chi connectivity index (χ2n) is 4.81. The van der Waals surface area contributed by atoms with Crippen LogP contribution < -0.4 is 10.1 Å². The van der Waals surface area contributed by atoms with Crippen LogP contribution in [0.5, 0.6) is 5.75 Å². The van der Waals surface area contributed by atoms with Crippen LogP contribution in [-0.4, -0.2) is 38.8 Å². The molecule has 0 aliphatic rings. The molecule has 0 saturated heterocycles. The van der Waals surface area contributed by atoms with Gasteiger partial charge < -0.3 is 10.1 Å². The molecule has 0 saturated carbocycles. The predicted molar refractivity (Wildman–Crippen MR) is 98.0 cm³/mol. The summed E-state index contributed by atoms with van der Waals surface area (Å²) in [4.78, 5) is 0. The first-order chi connectivity index (χ1) is 10.2. The number of hydrogen-bond donors (Lipinski definition) is 4. The summed E-state index contributed by atoms with van der Waals surface area (Å²) in [6.45, 7) is 4.18. The molecule has 128 valence electrons. The van der Waals surface area contributed by atoms with Gasteiger partial charge in [0.05, 0.1) is 7.11 Å². The molecule has 0 heterocycles. The second kappa shape index (κ2) is 12.1. The zero-order valence-electron chi connectivity index (χ0n) is 12.9. The van der Waals surface area contributed by atoms with Gasteiger partial charge in [0.15, 0.2) is 0 Å². The Morgan fingerprint density at radius 2 is 1.86 bits per heavy atom. The highest BCUT2D eigenvalue weighted by Crippen LogP contribution is 2.12. The van der Waals surface area contributed by atoms with Crippen molar-refractivity contribution in [3.05, 3.63) is 29.8 Å². The molecule has 0 spiro atoms. The summed E-state index contributed by atoms with van der Waals surface area (Å²) in [6.07, 6.45) is 3.58. The molecule has 5 nitrogen and oxygen atoms in total. The van der Waals surface area contributed by atoms with Crippen LogP contribution in [-0.2, 0) is 26.7 Å². The van der Waals surface area contributed by atoms with Crippen LogP contribution in [0.1, 0.15) is 25.3 Å². The topological polar surface area (TPSA) is 78.8 Å². The molecule has 1 atom stereocenters. The third-order valence-corrected chi connectivity index (χ3v) is 2.85. The van der Waals surface area contributed by atoms with Crippen LogP contribution in [0, 0.1) is 0 Å². The lowest BCUT2D eigenvalue weighted by Crippen LogP contribution is -2.22. The average molecular weight is 368 g/mol. The molecule has 0 bridgehead atoms. The highest BCUT2D eigenvalue weighted by atomic mass is 32.9. The number of benzene rings is 1. The van der Waals surface area contributed by atoms with Crippen molar-refractivity contribution < 1.29 is 18.1 Å². The van der Waals surface area contributed by atoms with Gasteiger partial charge in [-0.15, -0.1) is 0 Å². The van der Waals surface area contributed by atoms with E-state index in [1.165, 1.54) is 18.4 Å². The maximum absolute atomic E-state index is 9.11. The van der Waals surface area contributed by atoms with Gasteiger partial charge in [-0.25, -0.2) is 0 Å². The van der Waals surface area contributed by atoms with Gasteiger partial charge in [-0.05, 0) is 43.5 Å². The molecule has 1 unspecified atom stereocenters. The number of aryl methyl sites for hydroxylation is 1. The van der Waals surface area contributed by atoms with E-state index in [2.05, 4.69) is 48.2 Å². The molecule has 1 aromatic carbocycles. The molecular weight excluding hydrogens is 342 g/mol. The van der Waals surface area contributed by atoms with Gasteiger partial charge in [0.2, 0.25) is 0 Å². The van der Waals surface area contributed by atoms with Crippen molar-refractivity contribution in [3.63, 3.8) is 0 Å². The minimum absolute atomic E-state index is 0.441. The fourth-order valence-electron chi connectivity index (χ4n) is 1.68. The number of hydrogen-bond acceptors (Lipinski definition) is 5. The van der Waals surface area contributed by atoms with E-state index < -0.39 is 9.05 Å². The Balaban J connectivity index is 0.000000763. The fourth-order valence-corrected chi connectivity index (χ4v) is 1.81. The van der Waals surface area contributed by atoms with Crippen LogP contribution >= 0.6 is 12.6 Å². The van der Waals surface area contributed by atoms with Gasteiger partial charge in [0, 0.05) is 23.0 Å². The third kappa shape index (κ3) is 16.0. The zero-order chi connectivity index (χ0) is 17.0. The van der Waals surface area contributed by atoms with Gasteiger partial charge in [0.1, 0.15) is 5.75 Å². The molecule has 0 aromatic heterocycles. The van der Waals surface area contributed by atoms with E-state index in [1.807, 2.05) is 12.1 Å². The van der Waals surface area contributed by atoms with E-state index in [9.17, 15) is 0 Å². The van der Waals surface area contributed by atoms with Gasteiger partial charge in [-0.3, -0.25) is 9.11 Å². The lowest BCUT2D eigenvalue weighted by atomic mass is 10.1. The number of methoxy groups -OCH3 is 1. The van der Waals surface area contributed by atoms with Crippen LogP contribution in [0.4, 0.5) is 0 Å². The summed E-state index contributed by atoms with van der Waals surface area (Å²) in [6, 6.07) is 8.33. The van der Waals surface area contributed by atoms with E-state index in [0.29, 0.717) is 5.25 Å². The monoisotopic (exact) mass is 367 g/mol. The minimum atomic E-state index is -3.83. The third-order valence-electron chi connectivity index (χ3n) is 2.67. The zero-order valence-corrected chi connectivity index (χ0v) is 15.4. The van der Waals surface area contributed by atoms with Crippen LogP contribution in [0.2, 0.25) is 0 Å². The van der Waals surface area contributed by atoms with Gasteiger partial charge in [-0.1, -0.05) is 19.1 Å². The fraction of sp³-hybridized carbons (Fsp3) is 0.571. The molecule has 22 heavy (non-hydrogen) atoms. The summed E-state index contributed by atoms with van der Waals surface area (Å²) in [5.41, 5.74) is 1.38. The SMILES string of the molecule is COc1ccc(CCCCNCC(C)S)cc1.O=S(O)(O)=S. The van der Waals surface area contributed by atoms with E-state index in [4.69, 9.17) is 18.1 Å². The molecule has 0 amide bonds. The van der Waals surface area contributed by atoms with Gasteiger partial charge in [0.25, 0.3) is 9.05 Å². The Hall–Kier alpha value is -0.380. The minimum Gasteiger partial charge on any atom is -0.497 e. The number of unbranched alkanes of at least 4 members (excludes halogenated alkanes) is 1. The average Bonchev–Trinajstić information content (AvgIpc) is 2.41. The summed E-state index contributed by atoms with van der Waals surface area (Å²) >= 11 is 7.79. The highest BCUT2D eigenvalue weighted by molar-refractivity contribution is 8.26. The summed E-state index contributed by atoms with van der Waals surface area (Å²) < 4.78 is 29.1. The molecule has 0 aliphatic carbocycles. The van der Waals surface area contributed by atoms with Crippen LogP contribution in [0.25, 0.3) is 0 Å². The molecule has 0 radical (unpaired) electrons. The molecular formula is C14H25NO4S3. The second-order valence-corrected chi connectivity index (χ2v) is 7.89. The maximum Gasteiger partial charge on any atom is 0.263 e. The van der Waals surface area contributed by atoms with Gasteiger partial charge in [-0.2, -0.15) is 16.8 Å². The van der Waals surface area contributed by atoms with Crippen molar-refractivity contribution in [1.29, 1.82) is 0 Å². The van der Waals surface area contributed by atoms with Crippen LogP contribution in [0.3, 0.4) is 0 Å². The molecule has 1 rings (SSSR count). The van der Waals surface area contributed by atoms with E-state index in [0.717, 1.165) is 25.3 Å². The Bertz CT molecular complexity index is 481. The Morgan fingerprint density at radius 1 is 1.32 bits per heavy atom. The first kappa shape index (κ1) is 21.6. The number of ether oxygens (including phenoxy) is 1. The molecule has 1 aromatic rings. The first-order valence-corrected chi connectivity index (χ1v) is 9.85. The van der Waals surface area contributed by atoms with Gasteiger partial charge >= 0.3 is 0 Å². The normalized spacial score (nSPS) is 12.2. The van der Waals surface area contributed by atoms with E-state index in [1.54, 1.807) is 7.11 Å². The lowest BCUT2D eigenvalue weighted by molar-refractivity contribution is 0.414. The van der Waals surface area contributed by atoms with Crippen molar-refractivity contribution in [2.24, 2.45) is 0 Å². The number of thiol groups is 1. The standard InChI is InChI=1S/C14H23NOS.H2O3S2/c1-12(17)11-15-10-4-3-5-13-6-8-14(16-2)9-7-13;1-5(2,3)4/h6-9,12,15,17H,3-5,10-11H2,1-2H3;(H2,1,2,3,4). The van der Waals surface area contributed by atoms with Crippen molar-refractivity contribution in [3.8, 4) is 5.75 Å². The first-order valence-electron chi connectivity index (χ1n) is 6.94. The predicted octanol–water partition coefficient (Wildman–Crippen LogP) is 2.60. The summed E-state index contributed by atoms with van der Waals surface area (Å²) in [7, 11) is -2.14. The molecule has 3 N–H and O–H groups in total. The molecule has 0 aliphatic heterocycles. The molecule has 0 fully saturated rings. The molecule has 8 heteroatoms.